The summed E-state index contributed by atoms with van der Waals surface area (Å²) in [6, 6.07) is 18.3. The molecule has 1 amide bonds. The summed E-state index contributed by atoms with van der Waals surface area (Å²) in [7, 11) is 0. The Morgan fingerprint density at radius 2 is 1.90 bits per heavy atom. The van der Waals surface area contributed by atoms with E-state index in [1.165, 1.54) is 5.56 Å². The van der Waals surface area contributed by atoms with Crippen molar-refractivity contribution < 1.29 is 9.90 Å². The van der Waals surface area contributed by atoms with Crippen molar-refractivity contribution in [2.24, 2.45) is 5.73 Å². The molecule has 0 radical (unpaired) electrons. The second-order valence-corrected chi connectivity index (χ2v) is 10.5. The summed E-state index contributed by atoms with van der Waals surface area (Å²) in [5.41, 5.74) is 13.1. The number of primary amides is 1. The number of nitrogens with one attached hydrogen (secondary N) is 1. The minimum atomic E-state index is -0.465. The zero-order valence-corrected chi connectivity index (χ0v) is 22.1. The highest BCUT2D eigenvalue weighted by Gasteiger charge is 2.22. The summed E-state index contributed by atoms with van der Waals surface area (Å²) in [5.74, 6) is -0.465. The number of aliphatic hydroxyl groups excluding tert-OH is 1. The predicted molar refractivity (Wildman–Crippen MR) is 156 cm³/mol. The van der Waals surface area contributed by atoms with Crippen LogP contribution in [-0.4, -0.2) is 37.7 Å². The number of amides is 1. The van der Waals surface area contributed by atoms with Crippen LogP contribution in [0.1, 0.15) is 54.9 Å². The monoisotopic (exact) mass is 519 g/mol. The summed E-state index contributed by atoms with van der Waals surface area (Å²) in [6.07, 6.45) is 10.8. The third-order valence-corrected chi connectivity index (χ3v) is 7.79. The fourth-order valence-corrected chi connectivity index (χ4v) is 5.80. The van der Waals surface area contributed by atoms with Crippen LogP contribution in [0, 0.1) is 0 Å². The Labute approximate surface area is 227 Å². The van der Waals surface area contributed by atoms with Crippen LogP contribution >= 0.6 is 0 Å². The number of nitrogens with zero attached hydrogens (tertiary/aromatic N) is 3. The van der Waals surface area contributed by atoms with Crippen LogP contribution in [0.5, 0.6) is 0 Å². The molecule has 4 N–H and O–H groups in total. The molecular weight excluding hydrogens is 486 g/mol. The molecule has 1 aliphatic carbocycles. The van der Waals surface area contributed by atoms with E-state index in [9.17, 15) is 9.90 Å². The number of pyridine rings is 2. The highest BCUT2D eigenvalue weighted by atomic mass is 16.3. The lowest BCUT2D eigenvalue weighted by Gasteiger charge is -2.28. The quantitative estimate of drug-likeness (QED) is 0.244. The first kappa shape index (κ1) is 25.1. The Balaban J connectivity index is 1.47. The first-order valence-corrected chi connectivity index (χ1v) is 13.7. The summed E-state index contributed by atoms with van der Waals surface area (Å²) >= 11 is 0. The molecule has 3 heterocycles. The van der Waals surface area contributed by atoms with Gasteiger partial charge in [-0.25, -0.2) is 4.98 Å². The average molecular weight is 520 g/mol. The van der Waals surface area contributed by atoms with Crippen molar-refractivity contribution in [1.82, 2.24) is 14.5 Å². The van der Waals surface area contributed by atoms with E-state index in [0.29, 0.717) is 5.56 Å². The third-order valence-electron chi connectivity index (χ3n) is 7.79. The minimum absolute atomic E-state index is 0.184. The summed E-state index contributed by atoms with van der Waals surface area (Å²) in [5, 5.41) is 15.7. The van der Waals surface area contributed by atoms with Crippen molar-refractivity contribution in [2.75, 3.05) is 5.32 Å². The van der Waals surface area contributed by atoms with Gasteiger partial charge >= 0.3 is 0 Å². The van der Waals surface area contributed by atoms with Crippen molar-refractivity contribution in [3.8, 4) is 16.8 Å². The molecule has 0 aliphatic heterocycles. The Morgan fingerprint density at radius 3 is 2.69 bits per heavy atom. The standard InChI is InChI=1S/C32H33N5O2/c1-2-5-21-19-37(24-10-13-27(31(33)39)29(17-24)36-23-8-11-25(38)12-9-23)32-30(21)26(14-15-34-32)22-16-20-6-3-4-7-28(20)35-18-22/h3-4,6-7,10,13-19,23,25,36,38H,2,5,8-9,11-12H2,1H3,(H2,33,39). The summed E-state index contributed by atoms with van der Waals surface area (Å²) in [6.45, 7) is 2.18. The van der Waals surface area contributed by atoms with Gasteiger partial charge in [-0.05, 0) is 79.6 Å². The molecule has 0 saturated heterocycles. The van der Waals surface area contributed by atoms with Crippen molar-refractivity contribution in [3.63, 3.8) is 0 Å². The minimum Gasteiger partial charge on any atom is -0.393 e. The van der Waals surface area contributed by atoms with Gasteiger partial charge in [0.1, 0.15) is 5.65 Å². The highest BCUT2D eigenvalue weighted by molar-refractivity contribution is 6.00. The largest absolute Gasteiger partial charge is 0.393 e. The summed E-state index contributed by atoms with van der Waals surface area (Å²) in [4.78, 5) is 21.8. The number of nitrogens with two attached hydrogens (primary N) is 1. The lowest BCUT2D eigenvalue weighted by atomic mass is 9.92. The van der Waals surface area contributed by atoms with Gasteiger partial charge in [-0.2, -0.15) is 0 Å². The van der Waals surface area contributed by atoms with Gasteiger partial charge in [-0.15, -0.1) is 0 Å². The molecule has 5 aromatic rings. The molecule has 1 aliphatic rings. The fourth-order valence-electron chi connectivity index (χ4n) is 5.80. The van der Waals surface area contributed by atoms with Crippen LogP contribution in [0.3, 0.4) is 0 Å². The van der Waals surface area contributed by atoms with Crippen LogP contribution in [0.25, 0.3) is 38.8 Å². The van der Waals surface area contributed by atoms with Gasteiger partial charge < -0.3 is 20.7 Å². The topological polar surface area (TPSA) is 106 Å². The third kappa shape index (κ3) is 4.86. The number of aryl methyl sites for hydroxylation is 1. The first-order valence-electron chi connectivity index (χ1n) is 13.7. The van der Waals surface area contributed by atoms with Gasteiger partial charge in [-0.1, -0.05) is 31.5 Å². The molecule has 0 bridgehead atoms. The van der Waals surface area contributed by atoms with Crippen molar-refractivity contribution in [3.05, 3.63) is 84.3 Å². The Hall–Kier alpha value is -4.23. The molecule has 0 unspecified atom stereocenters. The molecule has 1 saturated carbocycles. The van der Waals surface area contributed by atoms with E-state index in [0.717, 1.165) is 83.0 Å². The SMILES string of the molecule is CCCc1cn(-c2ccc(C(N)=O)c(NC3CCC(O)CC3)c2)c2nccc(-c3cnc4ccccc4c3)c12. The van der Waals surface area contributed by atoms with Gasteiger partial charge in [0, 0.05) is 52.3 Å². The van der Waals surface area contributed by atoms with E-state index in [2.05, 4.69) is 41.2 Å². The number of rotatable bonds is 7. The lowest BCUT2D eigenvalue weighted by Crippen LogP contribution is -2.29. The number of carbonyl (C=O) groups excluding carboxylic acids is 1. The zero-order chi connectivity index (χ0) is 26.9. The second kappa shape index (κ2) is 10.5. The number of aromatic nitrogens is 3. The molecule has 39 heavy (non-hydrogen) atoms. The summed E-state index contributed by atoms with van der Waals surface area (Å²) < 4.78 is 2.11. The van der Waals surface area contributed by atoms with Crippen LogP contribution in [0.4, 0.5) is 5.69 Å². The van der Waals surface area contributed by atoms with Gasteiger partial charge in [0.2, 0.25) is 0 Å². The normalized spacial score (nSPS) is 17.5. The Morgan fingerprint density at radius 1 is 1.08 bits per heavy atom. The average Bonchev–Trinajstić information content (AvgIpc) is 3.32. The molecule has 7 nitrogen and oxygen atoms in total. The Kier molecular flexibility index (Phi) is 6.75. The smallest absolute Gasteiger partial charge is 0.250 e. The van der Waals surface area contributed by atoms with Crippen molar-refractivity contribution >= 4 is 33.5 Å². The number of benzene rings is 2. The number of carbonyl (C=O) groups is 1. The number of fused-ring (bicyclic) bond motifs is 2. The molecule has 1 fully saturated rings. The zero-order valence-electron chi connectivity index (χ0n) is 22.1. The van der Waals surface area contributed by atoms with Crippen LogP contribution in [0.15, 0.2) is 73.2 Å². The van der Waals surface area contributed by atoms with E-state index in [1.807, 2.05) is 42.7 Å². The maximum atomic E-state index is 12.3. The highest BCUT2D eigenvalue weighted by Crippen LogP contribution is 2.35. The molecular formula is C32H33N5O2. The number of para-hydroxylation sites is 1. The van der Waals surface area contributed by atoms with Crippen molar-refractivity contribution in [2.45, 2.75) is 57.6 Å². The van der Waals surface area contributed by atoms with Crippen LogP contribution in [0.2, 0.25) is 0 Å². The lowest BCUT2D eigenvalue weighted by molar-refractivity contribution is 0.100. The molecule has 6 rings (SSSR count). The number of hydrogen-bond donors (Lipinski definition) is 3. The molecule has 198 valence electrons. The maximum Gasteiger partial charge on any atom is 0.250 e. The van der Waals surface area contributed by atoms with E-state index in [-0.39, 0.29) is 12.1 Å². The maximum absolute atomic E-state index is 12.3. The fraction of sp³-hybridized carbons (Fsp3) is 0.281. The second-order valence-electron chi connectivity index (χ2n) is 10.5. The molecule has 3 aromatic heterocycles. The van der Waals surface area contributed by atoms with Gasteiger partial charge in [-0.3, -0.25) is 9.78 Å². The van der Waals surface area contributed by atoms with E-state index in [1.54, 1.807) is 6.07 Å². The van der Waals surface area contributed by atoms with E-state index in [4.69, 9.17) is 15.7 Å². The Bertz CT molecular complexity index is 1670. The molecule has 7 heteroatoms. The van der Waals surface area contributed by atoms with Gasteiger partial charge in [0.15, 0.2) is 0 Å². The van der Waals surface area contributed by atoms with Crippen LogP contribution < -0.4 is 11.1 Å². The first-order chi connectivity index (χ1) is 19.0. The van der Waals surface area contributed by atoms with Crippen molar-refractivity contribution in [1.29, 1.82) is 0 Å². The van der Waals surface area contributed by atoms with Crippen LogP contribution in [-0.2, 0) is 6.42 Å². The van der Waals surface area contributed by atoms with E-state index < -0.39 is 5.91 Å². The molecule has 0 spiro atoms. The number of anilines is 1. The molecule has 2 aromatic carbocycles. The van der Waals surface area contributed by atoms with Gasteiger partial charge in [0.25, 0.3) is 5.91 Å². The molecule has 0 atom stereocenters. The van der Waals surface area contributed by atoms with E-state index >= 15 is 0 Å². The predicted octanol–water partition coefficient (Wildman–Crippen LogP) is 6.01. The van der Waals surface area contributed by atoms with Gasteiger partial charge in [0.05, 0.1) is 17.2 Å². The number of hydrogen-bond acceptors (Lipinski definition) is 5. The number of aliphatic hydroxyl groups is 1.